The van der Waals surface area contributed by atoms with E-state index in [9.17, 15) is 27.2 Å². The molecule has 0 bridgehead atoms. The van der Waals surface area contributed by atoms with Crippen molar-refractivity contribution in [3.05, 3.63) is 29.3 Å². The summed E-state index contributed by atoms with van der Waals surface area (Å²) in [6.07, 6.45) is 4.18. The minimum Gasteiger partial charge on any atom is -0.481 e. The topological polar surface area (TPSA) is 100 Å². The molecule has 2 aliphatic carbocycles. The summed E-state index contributed by atoms with van der Waals surface area (Å²) in [6, 6.07) is 1.56. The maximum absolute atomic E-state index is 14.3. The second-order valence-electron chi connectivity index (χ2n) is 10.3. The second kappa shape index (κ2) is 11.3. The Morgan fingerprint density at radius 2 is 1.92 bits per heavy atom. The van der Waals surface area contributed by atoms with E-state index in [1.165, 1.54) is 13.5 Å². The van der Waals surface area contributed by atoms with Crippen molar-refractivity contribution < 1.29 is 31.9 Å². The molecular weight excluding hydrogens is 506 g/mol. The summed E-state index contributed by atoms with van der Waals surface area (Å²) in [6.45, 7) is 2.51. The number of hydrogen-bond donors (Lipinski definition) is 2. The molecule has 2 saturated carbocycles. The fourth-order valence-electron chi connectivity index (χ4n) is 5.55. The Labute approximate surface area is 218 Å². The van der Waals surface area contributed by atoms with Crippen LogP contribution in [0.5, 0.6) is 5.88 Å². The third-order valence-electron chi connectivity index (χ3n) is 7.90. The Morgan fingerprint density at radius 3 is 2.53 bits per heavy atom. The molecule has 2 N–H and O–H groups in total. The molecule has 208 valence electrons. The van der Waals surface area contributed by atoms with Gasteiger partial charge in [-0.25, -0.2) is 9.37 Å². The van der Waals surface area contributed by atoms with Gasteiger partial charge in [0.15, 0.2) is 5.82 Å². The number of amides is 2. The SMILES string of the molecule is COc1ncc(F)c(-c2cc(C(=O)N3CCCCC34CC4)[nH]n2)c1C.O=CNC1CCC(C(F)(F)F)CC1. The summed E-state index contributed by atoms with van der Waals surface area (Å²) in [4.78, 5) is 28.8. The Hall–Kier alpha value is -3.18. The van der Waals surface area contributed by atoms with Gasteiger partial charge in [-0.1, -0.05) is 0 Å². The highest BCUT2D eigenvalue weighted by molar-refractivity contribution is 5.94. The van der Waals surface area contributed by atoms with E-state index >= 15 is 0 Å². The number of pyridine rings is 1. The van der Waals surface area contributed by atoms with E-state index in [1.807, 2.05) is 4.90 Å². The van der Waals surface area contributed by atoms with Gasteiger partial charge in [0.2, 0.25) is 12.3 Å². The maximum Gasteiger partial charge on any atom is 0.391 e. The van der Waals surface area contributed by atoms with Crippen LogP contribution in [0.2, 0.25) is 0 Å². The zero-order chi connectivity index (χ0) is 27.5. The molecule has 0 atom stereocenters. The van der Waals surface area contributed by atoms with Gasteiger partial charge in [0.1, 0.15) is 5.69 Å². The van der Waals surface area contributed by atoms with E-state index in [-0.39, 0.29) is 30.3 Å². The van der Waals surface area contributed by atoms with Gasteiger partial charge in [-0.2, -0.15) is 18.3 Å². The number of halogens is 4. The number of methoxy groups -OCH3 is 1. The smallest absolute Gasteiger partial charge is 0.391 e. The molecule has 8 nitrogen and oxygen atoms in total. The van der Waals surface area contributed by atoms with Crippen LogP contribution in [-0.2, 0) is 4.79 Å². The summed E-state index contributed by atoms with van der Waals surface area (Å²) < 4.78 is 55.9. The number of rotatable bonds is 5. The predicted octanol–water partition coefficient (Wildman–Crippen LogP) is 4.94. The van der Waals surface area contributed by atoms with Gasteiger partial charge in [-0.15, -0.1) is 0 Å². The molecule has 5 rings (SSSR count). The molecule has 0 unspecified atom stereocenters. The lowest BCUT2D eigenvalue weighted by Gasteiger charge is -2.35. The highest BCUT2D eigenvalue weighted by Gasteiger charge is 2.51. The molecule has 2 aromatic heterocycles. The van der Waals surface area contributed by atoms with Crippen LogP contribution in [0, 0.1) is 18.7 Å². The van der Waals surface area contributed by atoms with Crippen molar-refractivity contribution in [1.82, 2.24) is 25.4 Å². The van der Waals surface area contributed by atoms with Gasteiger partial charge in [0.25, 0.3) is 5.91 Å². The third kappa shape index (κ3) is 5.94. The van der Waals surface area contributed by atoms with Crippen molar-refractivity contribution in [2.75, 3.05) is 13.7 Å². The van der Waals surface area contributed by atoms with E-state index < -0.39 is 17.9 Å². The number of hydrogen-bond acceptors (Lipinski definition) is 5. The average Bonchev–Trinajstić information content (AvgIpc) is 3.47. The van der Waals surface area contributed by atoms with Crippen LogP contribution >= 0.6 is 0 Å². The quantitative estimate of drug-likeness (QED) is 0.414. The standard InChI is InChI=1S/C18H21FN4O2.C8H12F3NO/c1-11-15(12(19)10-20-16(11)25-2)13-9-14(22-21-13)17(24)23-8-4-3-5-18(23)6-7-18;9-8(10,11)6-1-3-7(4-2-6)12-5-13/h9-10H,3-8H2,1-2H3,(H,21,22);5-7H,1-4H2,(H,12,13). The van der Waals surface area contributed by atoms with Crippen LogP contribution in [0.3, 0.4) is 0 Å². The van der Waals surface area contributed by atoms with Crippen LogP contribution in [0.1, 0.15) is 73.8 Å². The molecule has 3 heterocycles. The molecule has 0 aromatic carbocycles. The van der Waals surface area contributed by atoms with E-state index in [0.29, 0.717) is 47.6 Å². The summed E-state index contributed by atoms with van der Waals surface area (Å²) in [5.74, 6) is -1.35. The van der Waals surface area contributed by atoms with Gasteiger partial charge in [0, 0.05) is 29.3 Å². The number of aromatic nitrogens is 3. The van der Waals surface area contributed by atoms with Gasteiger partial charge in [-0.05, 0) is 70.8 Å². The lowest BCUT2D eigenvalue weighted by atomic mass is 9.86. The molecule has 3 fully saturated rings. The first-order chi connectivity index (χ1) is 18.1. The van der Waals surface area contributed by atoms with E-state index in [1.54, 1.807) is 13.0 Å². The fraction of sp³-hybridized carbons (Fsp3) is 0.615. The van der Waals surface area contributed by atoms with Crippen LogP contribution in [-0.4, -0.2) is 63.8 Å². The van der Waals surface area contributed by atoms with Crippen LogP contribution in [0.4, 0.5) is 17.6 Å². The van der Waals surface area contributed by atoms with Crippen molar-refractivity contribution in [3.8, 4) is 17.1 Å². The lowest BCUT2D eigenvalue weighted by Crippen LogP contribution is -2.45. The number of carbonyl (C=O) groups excluding carboxylic acids is 2. The van der Waals surface area contributed by atoms with Crippen LogP contribution in [0.25, 0.3) is 11.3 Å². The molecule has 1 spiro atoms. The van der Waals surface area contributed by atoms with Gasteiger partial charge < -0.3 is 15.0 Å². The number of alkyl halides is 3. The number of carbonyl (C=O) groups is 2. The number of nitrogens with one attached hydrogen (secondary N) is 2. The van der Waals surface area contributed by atoms with E-state index in [0.717, 1.165) is 38.4 Å². The minimum absolute atomic E-state index is 0.0463. The second-order valence-corrected chi connectivity index (χ2v) is 10.3. The first-order valence-electron chi connectivity index (χ1n) is 12.9. The lowest BCUT2D eigenvalue weighted by molar-refractivity contribution is -0.182. The Morgan fingerprint density at radius 1 is 1.21 bits per heavy atom. The predicted molar refractivity (Wildman–Crippen MR) is 131 cm³/mol. The molecule has 0 radical (unpaired) electrons. The molecule has 2 amide bonds. The van der Waals surface area contributed by atoms with Crippen LogP contribution in [0.15, 0.2) is 12.3 Å². The van der Waals surface area contributed by atoms with Crippen molar-refractivity contribution in [3.63, 3.8) is 0 Å². The van der Waals surface area contributed by atoms with Crippen molar-refractivity contribution in [1.29, 1.82) is 0 Å². The Kier molecular flexibility index (Phi) is 8.27. The molecule has 12 heteroatoms. The summed E-state index contributed by atoms with van der Waals surface area (Å²) in [5.41, 5.74) is 1.71. The van der Waals surface area contributed by atoms with Crippen molar-refractivity contribution in [2.24, 2.45) is 5.92 Å². The summed E-state index contributed by atoms with van der Waals surface area (Å²) in [5, 5.41) is 9.47. The summed E-state index contributed by atoms with van der Waals surface area (Å²) in [7, 11) is 1.49. The molecule has 2 aromatic rings. The zero-order valence-corrected chi connectivity index (χ0v) is 21.5. The number of ether oxygens (including phenoxy) is 1. The average molecular weight is 540 g/mol. The number of nitrogens with zero attached hydrogens (tertiary/aromatic N) is 3. The van der Waals surface area contributed by atoms with Crippen LogP contribution < -0.4 is 10.1 Å². The highest BCUT2D eigenvalue weighted by Crippen LogP contribution is 2.48. The highest BCUT2D eigenvalue weighted by atomic mass is 19.4. The maximum atomic E-state index is 14.3. The fourth-order valence-corrected chi connectivity index (χ4v) is 5.55. The largest absolute Gasteiger partial charge is 0.481 e. The zero-order valence-electron chi connectivity index (χ0n) is 21.5. The van der Waals surface area contributed by atoms with E-state index in [4.69, 9.17) is 4.74 Å². The Balaban J connectivity index is 0.000000219. The van der Waals surface area contributed by atoms with Gasteiger partial charge >= 0.3 is 6.18 Å². The monoisotopic (exact) mass is 539 g/mol. The molecule has 38 heavy (non-hydrogen) atoms. The minimum atomic E-state index is -4.06. The first-order valence-corrected chi connectivity index (χ1v) is 12.9. The number of H-pyrrole nitrogens is 1. The number of aromatic amines is 1. The third-order valence-corrected chi connectivity index (χ3v) is 7.90. The first kappa shape index (κ1) is 27.8. The molecule has 1 saturated heterocycles. The van der Waals surface area contributed by atoms with Crippen molar-refractivity contribution >= 4 is 12.3 Å². The molecular formula is C26H33F4N5O3. The molecule has 3 aliphatic rings. The number of piperidine rings is 1. The Bertz CT molecular complexity index is 1140. The molecule has 1 aliphatic heterocycles. The van der Waals surface area contributed by atoms with Gasteiger partial charge in [-0.3, -0.25) is 14.7 Å². The number of likely N-dealkylation sites (tertiary alicyclic amines) is 1. The summed E-state index contributed by atoms with van der Waals surface area (Å²) >= 11 is 0. The van der Waals surface area contributed by atoms with Crippen molar-refractivity contribution in [2.45, 2.75) is 82.5 Å². The van der Waals surface area contributed by atoms with E-state index in [2.05, 4.69) is 20.5 Å². The van der Waals surface area contributed by atoms with Gasteiger partial charge in [0.05, 0.1) is 24.9 Å². The normalized spacial score (nSPS) is 22.3.